The van der Waals surface area contributed by atoms with Crippen molar-refractivity contribution in [2.24, 2.45) is 0 Å². The Kier molecular flexibility index (Phi) is 2.08. The zero-order valence-corrected chi connectivity index (χ0v) is 9.73. The largest absolute Gasteiger partial charge is 0.385 e. The van der Waals surface area contributed by atoms with Crippen molar-refractivity contribution in [3.63, 3.8) is 0 Å². The normalized spacial score (nSPS) is 13.0. The van der Waals surface area contributed by atoms with E-state index >= 15 is 0 Å². The Morgan fingerprint density at radius 2 is 2.06 bits per heavy atom. The highest BCUT2D eigenvalue weighted by Gasteiger charge is 2.19. The summed E-state index contributed by atoms with van der Waals surface area (Å²) in [6.45, 7) is 2.72. The van der Waals surface area contributed by atoms with Crippen molar-refractivity contribution in [2.45, 2.75) is 19.9 Å². The van der Waals surface area contributed by atoms with Gasteiger partial charge in [-0.15, -0.1) is 0 Å². The molecule has 3 nitrogen and oxygen atoms in total. The minimum atomic E-state index is 0.0189. The summed E-state index contributed by atoms with van der Waals surface area (Å²) in [5, 5.41) is 0. The minimum absolute atomic E-state index is 0.0189. The van der Waals surface area contributed by atoms with Crippen LogP contribution in [0.25, 0.3) is 11.3 Å². The first-order chi connectivity index (χ1) is 8.18. The van der Waals surface area contributed by atoms with E-state index in [1.165, 1.54) is 11.6 Å². The molecule has 1 aromatic carbocycles. The molecule has 86 valence electrons. The molecular formula is C14H14N2O. The molecule has 1 aliphatic rings. The Labute approximate surface area is 99.5 Å². The van der Waals surface area contributed by atoms with Crippen LogP contribution in [0.15, 0.2) is 35.1 Å². The van der Waals surface area contributed by atoms with E-state index in [0.29, 0.717) is 5.82 Å². The maximum atomic E-state index is 11.8. The number of benzene rings is 1. The van der Waals surface area contributed by atoms with E-state index < -0.39 is 0 Å². The van der Waals surface area contributed by atoms with Gasteiger partial charge in [0.05, 0.1) is 5.69 Å². The molecule has 1 aliphatic heterocycles. The number of aryl methyl sites for hydroxylation is 1. The van der Waals surface area contributed by atoms with E-state index in [9.17, 15) is 4.79 Å². The number of nitrogens with two attached hydrogens (primary N) is 1. The smallest absolute Gasteiger partial charge is 0.187 e. The summed E-state index contributed by atoms with van der Waals surface area (Å²) < 4.78 is 2.04. The predicted octanol–water partition coefficient (Wildman–Crippen LogP) is 1.96. The molecule has 0 radical (unpaired) electrons. The molecule has 0 amide bonds. The van der Waals surface area contributed by atoms with E-state index in [0.717, 1.165) is 29.8 Å². The van der Waals surface area contributed by atoms with Crippen LogP contribution in [-0.4, -0.2) is 4.57 Å². The molecule has 1 aromatic heterocycles. The summed E-state index contributed by atoms with van der Waals surface area (Å²) in [6, 6.07) is 9.74. The third kappa shape index (κ3) is 1.39. The topological polar surface area (TPSA) is 48.0 Å². The molecule has 3 heteroatoms. The summed E-state index contributed by atoms with van der Waals surface area (Å²) in [5.41, 5.74) is 10.1. The van der Waals surface area contributed by atoms with Crippen LogP contribution in [0.3, 0.4) is 0 Å². The second-order valence-electron chi connectivity index (χ2n) is 4.47. The van der Waals surface area contributed by atoms with Crippen molar-refractivity contribution in [1.82, 2.24) is 4.57 Å². The van der Waals surface area contributed by atoms with Gasteiger partial charge in [-0.2, -0.15) is 0 Å². The Morgan fingerprint density at radius 1 is 1.29 bits per heavy atom. The van der Waals surface area contributed by atoms with Gasteiger partial charge in [0.25, 0.3) is 0 Å². The zero-order valence-electron chi connectivity index (χ0n) is 9.73. The van der Waals surface area contributed by atoms with Crippen LogP contribution in [0, 0.1) is 6.92 Å². The van der Waals surface area contributed by atoms with Crippen molar-refractivity contribution in [3.8, 4) is 11.3 Å². The molecule has 2 heterocycles. The number of fused-ring (bicyclic) bond motifs is 3. The Hall–Kier alpha value is -2.03. The first kappa shape index (κ1) is 10.1. The van der Waals surface area contributed by atoms with E-state index in [-0.39, 0.29) is 5.43 Å². The molecule has 0 aliphatic carbocycles. The van der Waals surface area contributed by atoms with E-state index in [1.54, 1.807) is 0 Å². The van der Waals surface area contributed by atoms with Crippen molar-refractivity contribution < 1.29 is 0 Å². The zero-order chi connectivity index (χ0) is 12.0. The summed E-state index contributed by atoms with van der Waals surface area (Å²) in [5.74, 6) is 0.560. The molecular weight excluding hydrogens is 212 g/mol. The third-order valence-corrected chi connectivity index (χ3v) is 3.46. The van der Waals surface area contributed by atoms with Crippen molar-refractivity contribution in [2.75, 3.05) is 5.73 Å². The van der Waals surface area contributed by atoms with Gasteiger partial charge in [-0.3, -0.25) is 4.79 Å². The average Bonchev–Trinajstić information content (AvgIpc) is 2.35. The molecule has 0 bridgehead atoms. The first-order valence-corrected chi connectivity index (χ1v) is 5.76. The molecule has 0 spiro atoms. The van der Waals surface area contributed by atoms with Crippen LogP contribution < -0.4 is 11.2 Å². The van der Waals surface area contributed by atoms with Gasteiger partial charge in [-0.1, -0.05) is 24.3 Å². The van der Waals surface area contributed by atoms with Gasteiger partial charge < -0.3 is 10.3 Å². The molecule has 0 unspecified atom stereocenters. The number of anilines is 1. The van der Waals surface area contributed by atoms with Crippen LogP contribution in [-0.2, 0) is 13.0 Å². The van der Waals surface area contributed by atoms with Gasteiger partial charge in [0.2, 0.25) is 0 Å². The highest BCUT2D eigenvalue weighted by atomic mass is 16.1. The van der Waals surface area contributed by atoms with Gasteiger partial charge in [-0.05, 0) is 18.9 Å². The van der Waals surface area contributed by atoms with Gasteiger partial charge in [-0.25, -0.2) is 0 Å². The summed E-state index contributed by atoms with van der Waals surface area (Å²) >= 11 is 0. The number of nitrogen functional groups attached to an aromatic ring is 1. The molecule has 0 saturated carbocycles. The summed E-state index contributed by atoms with van der Waals surface area (Å²) in [6.07, 6.45) is 0.968. The molecule has 2 N–H and O–H groups in total. The molecule has 3 rings (SSSR count). The van der Waals surface area contributed by atoms with E-state index in [1.807, 2.05) is 23.6 Å². The van der Waals surface area contributed by atoms with E-state index in [2.05, 4.69) is 12.1 Å². The van der Waals surface area contributed by atoms with Gasteiger partial charge in [0.15, 0.2) is 5.43 Å². The van der Waals surface area contributed by atoms with Crippen molar-refractivity contribution in [3.05, 3.63) is 51.7 Å². The minimum Gasteiger partial charge on any atom is -0.385 e. The predicted molar refractivity (Wildman–Crippen MR) is 69.0 cm³/mol. The van der Waals surface area contributed by atoms with Crippen LogP contribution >= 0.6 is 0 Å². The average molecular weight is 226 g/mol. The Balaban J connectivity index is 2.42. The van der Waals surface area contributed by atoms with Crippen LogP contribution in [0.5, 0.6) is 0 Å². The second kappa shape index (κ2) is 3.48. The first-order valence-electron chi connectivity index (χ1n) is 5.76. The fourth-order valence-corrected chi connectivity index (χ4v) is 2.56. The number of hydrogen-bond donors (Lipinski definition) is 1. The van der Waals surface area contributed by atoms with Crippen molar-refractivity contribution >= 4 is 5.82 Å². The summed E-state index contributed by atoms with van der Waals surface area (Å²) in [7, 11) is 0. The highest BCUT2D eigenvalue weighted by Crippen LogP contribution is 2.31. The van der Waals surface area contributed by atoms with Crippen molar-refractivity contribution in [1.29, 1.82) is 0 Å². The van der Waals surface area contributed by atoms with Crippen LogP contribution in [0.4, 0.5) is 5.82 Å². The maximum absolute atomic E-state index is 11.8. The van der Waals surface area contributed by atoms with Gasteiger partial charge in [0.1, 0.15) is 5.82 Å². The number of pyridine rings is 1. The molecule has 0 fully saturated rings. The number of nitrogens with zero attached hydrogens (tertiary/aromatic N) is 1. The fourth-order valence-electron chi connectivity index (χ4n) is 2.56. The standard InChI is InChI=1S/C14H14N2O/c1-9-12(17)8-13(15)16-7-6-10-4-2-3-5-11(10)14(9)16/h2-5,8H,6-7,15H2,1H3. The number of hydrogen-bond acceptors (Lipinski definition) is 2. The molecule has 0 atom stereocenters. The number of rotatable bonds is 0. The molecule has 17 heavy (non-hydrogen) atoms. The molecule has 2 aromatic rings. The van der Waals surface area contributed by atoms with Crippen LogP contribution in [0.1, 0.15) is 11.1 Å². The molecule has 0 saturated heterocycles. The van der Waals surface area contributed by atoms with Gasteiger partial charge in [0, 0.05) is 23.7 Å². The Bertz CT molecular complexity index is 656. The second-order valence-corrected chi connectivity index (χ2v) is 4.47. The lowest BCUT2D eigenvalue weighted by Gasteiger charge is -2.25. The van der Waals surface area contributed by atoms with Gasteiger partial charge >= 0.3 is 0 Å². The monoisotopic (exact) mass is 226 g/mol. The quantitative estimate of drug-likeness (QED) is 0.746. The lowest BCUT2D eigenvalue weighted by Crippen LogP contribution is -2.22. The van der Waals surface area contributed by atoms with Crippen LogP contribution in [0.2, 0.25) is 0 Å². The Morgan fingerprint density at radius 3 is 2.88 bits per heavy atom. The SMILES string of the molecule is Cc1c2n(c(N)cc1=O)CCc1ccccc1-2. The fraction of sp³-hybridized carbons (Fsp3) is 0.214. The van der Waals surface area contributed by atoms with E-state index in [4.69, 9.17) is 5.73 Å². The lowest BCUT2D eigenvalue weighted by atomic mass is 9.95. The highest BCUT2D eigenvalue weighted by molar-refractivity contribution is 5.70. The maximum Gasteiger partial charge on any atom is 0.187 e. The third-order valence-electron chi connectivity index (χ3n) is 3.46. The summed E-state index contributed by atoms with van der Waals surface area (Å²) in [4.78, 5) is 11.8. The lowest BCUT2D eigenvalue weighted by molar-refractivity contribution is 0.685. The number of aromatic nitrogens is 1.